The maximum atomic E-state index is 10.2. The lowest BCUT2D eigenvalue weighted by Crippen LogP contribution is -2.63. The highest BCUT2D eigenvalue weighted by Crippen LogP contribution is 2.47. The van der Waals surface area contributed by atoms with Crippen LogP contribution in [0.3, 0.4) is 0 Å². The Morgan fingerprint density at radius 1 is 1.10 bits per heavy atom. The van der Waals surface area contributed by atoms with Gasteiger partial charge >= 0.3 is 0 Å². The quantitative estimate of drug-likeness (QED) is 0.662. The monoisotopic (exact) mass is 403 g/mol. The van der Waals surface area contributed by atoms with E-state index in [0.717, 1.165) is 28.4 Å². The van der Waals surface area contributed by atoms with Crippen molar-refractivity contribution in [1.29, 1.82) is 5.26 Å². The molecule has 3 atom stereocenters. The van der Waals surface area contributed by atoms with E-state index in [-0.39, 0.29) is 24.6 Å². The van der Waals surface area contributed by atoms with Crippen LogP contribution >= 0.6 is 11.3 Å². The number of hydrogen-bond acceptors (Lipinski definition) is 5. The van der Waals surface area contributed by atoms with E-state index in [1.807, 2.05) is 29.2 Å². The summed E-state index contributed by atoms with van der Waals surface area (Å²) >= 11 is 1.61. The van der Waals surface area contributed by atoms with Gasteiger partial charge in [0.1, 0.15) is 6.04 Å². The van der Waals surface area contributed by atoms with Crippen molar-refractivity contribution >= 4 is 16.5 Å². The SMILES string of the molecule is CCc1nc(N2[C@H](C#N)[C@@H](c3ccccc3-c3ccccc3C)[C@@H]2CO)sc1C. The first-order valence-electron chi connectivity index (χ1n) is 10.0. The molecule has 0 bridgehead atoms. The Morgan fingerprint density at radius 3 is 2.41 bits per heavy atom. The van der Waals surface area contributed by atoms with Crippen molar-refractivity contribution in [3.8, 4) is 17.2 Å². The molecule has 29 heavy (non-hydrogen) atoms. The molecule has 1 aromatic heterocycles. The summed E-state index contributed by atoms with van der Waals surface area (Å²) in [5.41, 5.74) is 5.70. The second-order valence-corrected chi connectivity index (χ2v) is 8.69. The number of aryl methyl sites for hydroxylation is 3. The van der Waals surface area contributed by atoms with Gasteiger partial charge in [-0.1, -0.05) is 55.5 Å². The Bertz CT molecular complexity index is 1070. The molecule has 1 N–H and O–H groups in total. The van der Waals surface area contributed by atoms with Crippen LogP contribution < -0.4 is 4.90 Å². The molecule has 2 aromatic carbocycles. The van der Waals surface area contributed by atoms with Crippen LogP contribution in [0.25, 0.3) is 11.1 Å². The average Bonchev–Trinajstić information content (AvgIpc) is 3.08. The van der Waals surface area contributed by atoms with E-state index in [4.69, 9.17) is 4.98 Å². The third-order valence-corrected chi connectivity index (χ3v) is 6.95. The Labute approximate surface area is 176 Å². The molecular formula is C24H25N3OS. The van der Waals surface area contributed by atoms with Crippen molar-refractivity contribution in [2.45, 2.75) is 45.2 Å². The second-order valence-electron chi connectivity index (χ2n) is 7.51. The van der Waals surface area contributed by atoms with E-state index < -0.39 is 0 Å². The van der Waals surface area contributed by atoms with Gasteiger partial charge in [0.25, 0.3) is 0 Å². The minimum Gasteiger partial charge on any atom is -0.394 e. The molecule has 0 saturated carbocycles. The Morgan fingerprint density at radius 2 is 1.79 bits per heavy atom. The van der Waals surface area contributed by atoms with Gasteiger partial charge in [0.05, 0.1) is 24.4 Å². The van der Waals surface area contributed by atoms with Crippen LogP contribution in [-0.2, 0) is 6.42 Å². The Kier molecular flexibility index (Phi) is 5.40. The molecule has 5 heteroatoms. The molecule has 0 radical (unpaired) electrons. The lowest BCUT2D eigenvalue weighted by molar-refractivity contribution is 0.188. The molecule has 3 aromatic rings. The van der Waals surface area contributed by atoms with Crippen LogP contribution in [0.5, 0.6) is 0 Å². The number of aromatic nitrogens is 1. The highest BCUT2D eigenvalue weighted by Gasteiger charge is 2.51. The van der Waals surface area contributed by atoms with Crippen LogP contribution in [0, 0.1) is 25.2 Å². The lowest BCUT2D eigenvalue weighted by atomic mass is 9.73. The number of nitrogens with zero attached hydrogens (tertiary/aromatic N) is 3. The van der Waals surface area contributed by atoms with Crippen molar-refractivity contribution in [2.24, 2.45) is 0 Å². The fourth-order valence-corrected chi connectivity index (χ4v) is 5.49. The zero-order valence-electron chi connectivity index (χ0n) is 17.0. The van der Waals surface area contributed by atoms with Crippen LogP contribution in [0.4, 0.5) is 5.13 Å². The van der Waals surface area contributed by atoms with Crippen LogP contribution in [0.2, 0.25) is 0 Å². The molecule has 4 rings (SSSR count). The van der Waals surface area contributed by atoms with E-state index in [0.29, 0.717) is 0 Å². The summed E-state index contributed by atoms with van der Waals surface area (Å²) in [4.78, 5) is 7.94. The van der Waals surface area contributed by atoms with Gasteiger partial charge in [0, 0.05) is 10.8 Å². The first-order valence-corrected chi connectivity index (χ1v) is 10.8. The molecule has 2 heterocycles. The average molecular weight is 404 g/mol. The normalized spacial score (nSPS) is 20.9. The standard InChI is InChI=1S/C24H25N3OS/c1-4-20-16(3)29-24(26-20)27-21(13-25)23(22(27)14-28)19-12-8-7-11-18(19)17-10-6-5-9-15(17)2/h5-12,21-23,28H,4,14H2,1-3H3/t21-,22+,23-/m1/s1. The van der Waals surface area contributed by atoms with Crippen molar-refractivity contribution in [2.75, 3.05) is 11.5 Å². The molecule has 1 aliphatic heterocycles. The van der Waals surface area contributed by atoms with Crippen molar-refractivity contribution < 1.29 is 5.11 Å². The molecule has 0 aliphatic carbocycles. The van der Waals surface area contributed by atoms with Gasteiger partial charge < -0.3 is 10.0 Å². The number of thiazole rings is 1. The fraction of sp³-hybridized carbons (Fsp3) is 0.333. The van der Waals surface area contributed by atoms with Crippen molar-refractivity contribution in [1.82, 2.24) is 4.98 Å². The number of hydrogen-bond donors (Lipinski definition) is 1. The predicted octanol–water partition coefficient (Wildman–Crippen LogP) is 4.85. The number of nitriles is 1. The summed E-state index contributed by atoms with van der Waals surface area (Å²) in [5.74, 6) is -0.0601. The van der Waals surface area contributed by atoms with Gasteiger partial charge in [-0.25, -0.2) is 4.98 Å². The Balaban J connectivity index is 1.77. The summed E-state index contributed by atoms with van der Waals surface area (Å²) in [6, 6.07) is 18.6. The maximum absolute atomic E-state index is 10.2. The second kappa shape index (κ2) is 7.98. The van der Waals surface area contributed by atoms with E-state index in [2.05, 4.69) is 51.1 Å². The minimum atomic E-state index is -0.340. The largest absolute Gasteiger partial charge is 0.394 e. The highest BCUT2D eigenvalue weighted by atomic mass is 32.1. The zero-order valence-corrected chi connectivity index (χ0v) is 17.8. The maximum Gasteiger partial charge on any atom is 0.187 e. The minimum absolute atomic E-state index is 0.00889. The van der Waals surface area contributed by atoms with Gasteiger partial charge in [-0.3, -0.25) is 0 Å². The van der Waals surface area contributed by atoms with E-state index in [1.54, 1.807) is 11.3 Å². The van der Waals surface area contributed by atoms with Crippen molar-refractivity contribution in [3.63, 3.8) is 0 Å². The van der Waals surface area contributed by atoms with E-state index in [1.165, 1.54) is 16.0 Å². The van der Waals surface area contributed by atoms with Gasteiger partial charge in [-0.05, 0) is 42.5 Å². The predicted molar refractivity (Wildman–Crippen MR) is 118 cm³/mol. The van der Waals surface area contributed by atoms with Crippen LogP contribution in [0.1, 0.15) is 34.5 Å². The topological polar surface area (TPSA) is 60.2 Å². The first-order chi connectivity index (χ1) is 14.1. The number of benzene rings is 2. The molecule has 148 valence electrons. The molecule has 1 saturated heterocycles. The van der Waals surface area contributed by atoms with Gasteiger partial charge in [-0.15, -0.1) is 11.3 Å². The summed E-state index contributed by atoms with van der Waals surface area (Å²) in [7, 11) is 0. The fourth-order valence-electron chi connectivity index (χ4n) is 4.40. The van der Waals surface area contributed by atoms with E-state index in [9.17, 15) is 10.4 Å². The number of aliphatic hydroxyl groups is 1. The molecule has 4 nitrogen and oxygen atoms in total. The van der Waals surface area contributed by atoms with Gasteiger partial charge in [0.2, 0.25) is 0 Å². The highest BCUT2D eigenvalue weighted by molar-refractivity contribution is 7.15. The molecule has 0 unspecified atom stereocenters. The molecular weight excluding hydrogens is 378 g/mol. The number of aliphatic hydroxyl groups excluding tert-OH is 1. The number of rotatable bonds is 5. The summed E-state index contributed by atoms with van der Waals surface area (Å²) in [6.07, 6.45) is 0.872. The number of anilines is 1. The molecule has 0 spiro atoms. The summed E-state index contributed by atoms with van der Waals surface area (Å²) < 4.78 is 0. The molecule has 1 fully saturated rings. The Hall–Kier alpha value is -2.68. The van der Waals surface area contributed by atoms with Crippen LogP contribution in [0.15, 0.2) is 48.5 Å². The van der Waals surface area contributed by atoms with Gasteiger partial charge in [-0.2, -0.15) is 5.26 Å². The third-order valence-electron chi connectivity index (χ3n) is 5.92. The first kappa shape index (κ1) is 19.6. The summed E-state index contributed by atoms with van der Waals surface area (Å²) in [5, 5.41) is 21.1. The van der Waals surface area contributed by atoms with E-state index >= 15 is 0 Å². The molecule has 1 aliphatic rings. The lowest BCUT2D eigenvalue weighted by Gasteiger charge is -2.52. The van der Waals surface area contributed by atoms with Gasteiger partial charge in [0.15, 0.2) is 5.13 Å². The summed E-state index contributed by atoms with van der Waals surface area (Å²) in [6.45, 7) is 6.26. The van der Waals surface area contributed by atoms with Crippen LogP contribution in [-0.4, -0.2) is 28.8 Å². The van der Waals surface area contributed by atoms with Crippen molar-refractivity contribution in [3.05, 3.63) is 70.2 Å². The zero-order chi connectivity index (χ0) is 20.5. The smallest absolute Gasteiger partial charge is 0.187 e. The molecule has 0 amide bonds. The third kappa shape index (κ3) is 3.23.